The van der Waals surface area contributed by atoms with Gasteiger partial charge in [-0.1, -0.05) is 11.6 Å². The number of rotatable bonds is 1. The molecule has 70 valence electrons. The summed E-state index contributed by atoms with van der Waals surface area (Å²) in [4.78, 5) is 0. The first-order valence-electron chi connectivity index (χ1n) is 4.13. The van der Waals surface area contributed by atoms with E-state index in [1.165, 1.54) is 12.2 Å². The lowest BCUT2D eigenvalue weighted by molar-refractivity contribution is 0.730. The van der Waals surface area contributed by atoms with Gasteiger partial charge in [-0.2, -0.15) is 16.9 Å². The highest BCUT2D eigenvalue weighted by molar-refractivity contribution is 7.99. The topological polar surface area (TPSA) is 51.8 Å². The number of hydrogen-bond acceptors (Lipinski definition) is 4. The van der Waals surface area contributed by atoms with Gasteiger partial charge < -0.3 is 5.73 Å². The molecule has 1 aromatic heterocycles. The van der Waals surface area contributed by atoms with Crippen LogP contribution < -0.4 is 5.73 Å². The lowest BCUT2D eigenvalue weighted by Crippen LogP contribution is -2.03. The monoisotopic (exact) mass is 215 g/mol. The van der Waals surface area contributed by atoms with Crippen molar-refractivity contribution in [2.45, 2.75) is 12.3 Å². The van der Waals surface area contributed by atoms with Crippen LogP contribution in [0, 0.1) is 0 Å². The lowest BCUT2D eigenvalue weighted by atomic mass is 10.1. The van der Waals surface area contributed by atoms with Crippen LogP contribution in [0.1, 0.15) is 18.0 Å². The number of nitrogen functional groups attached to an aromatic ring is 1. The molecular formula is C8H10ClN3S. The maximum Gasteiger partial charge on any atom is 0.174 e. The number of aromatic nitrogens is 2. The van der Waals surface area contributed by atoms with Gasteiger partial charge in [0.25, 0.3) is 0 Å². The predicted octanol–water partition coefficient (Wildman–Crippen LogP) is 1.93. The van der Waals surface area contributed by atoms with Gasteiger partial charge in [-0.3, -0.25) is 0 Å². The Morgan fingerprint density at radius 2 is 2.38 bits per heavy atom. The van der Waals surface area contributed by atoms with Crippen molar-refractivity contribution in [3.8, 4) is 0 Å². The normalized spacial score (nSPS) is 22.1. The van der Waals surface area contributed by atoms with E-state index in [9.17, 15) is 0 Å². The fourth-order valence-electron chi connectivity index (χ4n) is 1.37. The van der Waals surface area contributed by atoms with E-state index in [0.717, 1.165) is 11.4 Å². The highest BCUT2D eigenvalue weighted by atomic mass is 35.5. The van der Waals surface area contributed by atoms with Crippen molar-refractivity contribution in [1.82, 2.24) is 10.2 Å². The fraction of sp³-hybridized carbons (Fsp3) is 0.500. The molecule has 0 aliphatic carbocycles. The molecule has 1 fully saturated rings. The van der Waals surface area contributed by atoms with Crippen LogP contribution in [0.25, 0.3) is 0 Å². The van der Waals surface area contributed by atoms with Gasteiger partial charge >= 0.3 is 0 Å². The summed E-state index contributed by atoms with van der Waals surface area (Å²) in [5.41, 5.74) is 7.16. The van der Waals surface area contributed by atoms with Crippen molar-refractivity contribution in [2.75, 3.05) is 17.2 Å². The molecule has 0 spiro atoms. The van der Waals surface area contributed by atoms with Gasteiger partial charge in [0.05, 0.1) is 11.4 Å². The van der Waals surface area contributed by atoms with Gasteiger partial charge in [0.1, 0.15) is 0 Å². The highest BCUT2D eigenvalue weighted by Crippen LogP contribution is 2.32. The summed E-state index contributed by atoms with van der Waals surface area (Å²) in [5.74, 6) is 2.84. The van der Waals surface area contributed by atoms with E-state index in [1.807, 2.05) is 17.8 Å². The number of hydrogen-bond donors (Lipinski definition) is 1. The Hall–Kier alpha value is -0.480. The Bertz CT molecular complexity index is 312. The minimum Gasteiger partial charge on any atom is -0.396 e. The van der Waals surface area contributed by atoms with Crippen LogP contribution in [0.2, 0.25) is 5.15 Å². The molecule has 0 saturated carbocycles. The second kappa shape index (κ2) is 3.72. The summed E-state index contributed by atoms with van der Waals surface area (Å²) in [6.45, 7) is 0. The van der Waals surface area contributed by atoms with E-state index in [1.54, 1.807) is 0 Å². The quantitative estimate of drug-likeness (QED) is 0.778. The molecule has 1 aliphatic heterocycles. The molecule has 0 aromatic carbocycles. The highest BCUT2D eigenvalue weighted by Gasteiger charge is 2.19. The molecule has 1 aromatic rings. The summed E-state index contributed by atoms with van der Waals surface area (Å²) in [6, 6.07) is 1.84. The maximum atomic E-state index is 5.68. The molecule has 2 N–H and O–H groups in total. The second-order valence-corrected chi connectivity index (χ2v) is 4.58. The third-order valence-electron chi connectivity index (χ3n) is 2.14. The molecular weight excluding hydrogens is 206 g/mol. The van der Waals surface area contributed by atoms with Crippen molar-refractivity contribution in [3.05, 3.63) is 16.9 Å². The zero-order valence-corrected chi connectivity index (χ0v) is 8.61. The SMILES string of the molecule is Nc1cc(C2CCSC2)nnc1Cl. The third kappa shape index (κ3) is 1.89. The molecule has 2 rings (SSSR count). The van der Waals surface area contributed by atoms with Crippen LogP contribution >= 0.6 is 23.4 Å². The van der Waals surface area contributed by atoms with Crippen molar-refractivity contribution < 1.29 is 0 Å². The summed E-state index contributed by atoms with van der Waals surface area (Å²) in [6.07, 6.45) is 1.17. The fourth-order valence-corrected chi connectivity index (χ4v) is 2.71. The largest absolute Gasteiger partial charge is 0.396 e. The number of thioether (sulfide) groups is 1. The molecule has 0 radical (unpaired) electrons. The van der Waals surface area contributed by atoms with Crippen LogP contribution in [0.5, 0.6) is 0 Å². The Balaban J connectivity index is 2.25. The van der Waals surface area contributed by atoms with E-state index < -0.39 is 0 Å². The van der Waals surface area contributed by atoms with Crippen molar-refractivity contribution in [3.63, 3.8) is 0 Å². The van der Waals surface area contributed by atoms with E-state index in [0.29, 0.717) is 16.8 Å². The first-order chi connectivity index (χ1) is 6.27. The minimum atomic E-state index is 0.300. The molecule has 1 atom stereocenters. The first-order valence-corrected chi connectivity index (χ1v) is 5.67. The van der Waals surface area contributed by atoms with Crippen molar-refractivity contribution in [2.24, 2.45) is 0 Å². The Morgan fingerprint density at radius 3 is 3.00 bits per heavy atom. The van der Waals surface area contributed by atoms with E-state index in [-0.39, 0.29) is 0 Å². The Morgan fingerprint density at radius 1 is 1.54 bits per heavy atom. The van der Waals surface area contributed by atoms with Gasteiger partial charge in [-0.25, -0.2) is 0 Å². The van der Waals surface area contributed by atoms with E-state index in [4.69, 9.17) is 17.3 Å². The first kappa shape index (κ1) is 9.09. The van der Waals surface area contributed by atoms with Crippen molar-refractivity contribution >= 4 is 29.1 Å². The van der Waals surface area contributed by atoms with Gasteiger partial charge in [0.2, 0.25) is 0 Å². The molecule has 2 heterocycles. The van der Waals surface area contributed by atoms with Crippen LogP contribution in [0.15, 0.2) is 6.07 Å². The summed E-state index contributed by atoms with van der Waals surface area (Å²) in [5, 5.41) is 8.15. The second-order valence-electron chi connectivity index (χ2n) is 3.08. The summed E-state index contributed by atoms with van der Waals surface area (Å²) >= 11 is 7.63. The summed E-state index contributed by atoms with van der Waals surface area (Å²) < 4.78 is 0. The van der Waals surface area contributed by atoms with Gasteiger partial charge in [-0.15, -0.1) is 5.10 Å². The van der Waals surface area contributed by atoms with Gasteiger partial charge in [0.15, 0.2) is 5.15 Å². The molecule has 5 heteroatoms. The number of halogens is 1. The molecule has 1 saturated heterocycles. The number of nitrogens with zero attached hydrogens (tertiary/aromatic N) is 2. The zero-order valence-electron chi connectivity index (χ0n) is 7.03. The zero-order chi connectivity index (χ0) is 9.26. The summed E-state index contributed by atoms with van der Waals surface area (Å²) in [7, 11) is 0. The lowest BCUT2D eigenvalue weighted by Gasteiger charge is -2.07. The molecule has 0 bridgehead atoms. The minimum absolute atomic E-state index is 0.300. The van der Waals surface area contributed by atoms with Crippen LogP contribution in [0.3, 0.4) is 0 Å². The Kier molecular flexibility index (Phi) is 2.60. The van der Waals surface area contributed by atoms with E-state index >= 15 is 0 Å². The van der Waals surface area contributed by atoms with Crippen LogP contribution in [-0.2, 0) is 0 Å². The number of anilines is 1. The standard InChI is InChI=1S/C8H10ClN3S/c9-8-6(10)3-7(11-12-8)5-1-2-13-4-5/h3,5H,1-2,4H2,(H2,10,11). The average molecular weight is 216 g/mol. The predicted molar refractivity (Wildman–Crippen MR) is 56.1 cm³/mol. The molecule has 13 heavy (non-hydrogen) atoms. The van der Waals surface area contributed by atoms with Crippen LogP contribution in [0.4, 0.5) is 5.69 Å². The third-order valence-corrected chi connectivity index (χ3v) is 3.60. The molecule has 1 aliphatic rings. The van der Waals surface area contributed by atoms with Gasteiger partial charge in [-0.05, 0) is 18.2 Å². The molecule has 0 amide bonds. The van der Waals surface area contributed by atoms with E-state index in [2.05, 4.69) is 10.2 Å². The average Bonchev–Trinajstić information content (AvgIpc) is 2.62. The van der Waals surface area contributed by atoms with Gasteiger partial charge in [0, 0.05) is 11.7 Å². The molecule has 3 nitrogen and oxygen atoms in total. The smallest absolute Gasteiger partial charge is 0.174 e. The maximum absolute atomic E-state index is 5.68. The van der Waals surface area contributed by atoms with Crippen molar-refractivity contribution in [1.29, 1.82) is 0 Å². The van der Waals surface area contributed by atoms with Crippen LogP contribution in [-0.4, -0.2) is 21.7 Å². The Labute approximate surface area is 86.1 Å². The molecule has 1 unspecified atom stereocenters. The number of nitrogens with two attached hydrogens (primary N) is 1.